The van der Waals surface area contributed by atoms with Crippen molar-refractivity contribution in [1.29, 1.82) is 0 Å². The van der Waals surface area contributed by atoms with Crippen LogP contribution in [0.5, 0.6) is 11.5 Å². The Bertz CT molecular complexity index is 1520. The molecular weight excluding hydrogens is 622 g/mol. The van der Waals surface area contributed by atoms with Crippen molar-refractivity contribution in [2.75, 3.05) is 25.1 Å². The first-order valence-electron chi connectivity index (χ1n) is 13.4. The normalized spacial score (nSPS) is 12.0. The third-order valence-electron chi connectivity index (χ3n) is 6.56. The summed E-state index contributed by atoms with van der Waals surface area (Å²) < 4.78 is 40.9. The van der Waals surface area contributed by atoms with E-state index in [9.17, 15) is 18.0 Å². The highest BCUT2D eigenvalue weighted by molar-refractivity contribution is 9.10. The van der Waals surface area contributed by atoms with Gasteiger partial charge in [0.1, 0.15) is 12.6 Å². The Balaban J connectivity index is 2.11. The van der Waals surface area contributed by atoms with Crippen LogP contribution in [-0.4, -0.2) is 58.0 Å². The first-order valence-corrected chi connectivity index (χ1v) is 15.7. The minimum Gasteiger partial charge on any atom is -0.493 e. The molecule has 0 aliphatic heterocycles. The highest BCUT2D eigenvalue weighted by Gasteiger charge is 2.33. The van der Waals surface area contributed by atoms with E-state index in [1.807, 2.05) is 58.0 Å². The van der Waals surface area contributed by atoms with Crippen molar-refractivity contribution in [3.05, 3.63) is 81.8 Å². The maximum absolute atomic E-state index is 14.2. The molecule has 3 aromatic rings. The molecule has 0 aliphatic carbocycles. The van der Waals surface area contributed by atoms with Crippen LogP contribution in [0.3, 0.4) is 0 Å². The lowest BCUT2D eigenvalue weighted by Crippen LogP contribution is -2.52. The van der Waals surface area contributed by atoms with Gasteiger partial charge >= 0.3 is 0 Å². The van der Waals surface area contributed by atoms with E-state index in [1.165, 1.54) is 37.3 Å². The van der Waals surface area contributed by atoms with E-state index >= 15 is 0 Å². The van der Waals surface area contributed by atoms with Crippen LogP contribution in [0.2, 0.25) is 0 Å². The summed E-state index contributed by atoms with van der Waals surface area (Å²) in [5, 5.41) is 2.85. The number of methoxy groups -OCH3 is 2. The number of nitrogens with zero attached hydrogens (tertiary/aromatic N) is 2. The van der Waals surface area contributed by atoms with E-state index in [0.29, 0.717) is 11.4 Å². The molecule has 0 bridgehead atoms. The summed E-state index contributed by atoms with van der Waals surface area (Å²) in [6.07, 6.45) is 0. The number of amides is 2. The van der Waals surface area contributed by atoms with Gasteiger partial charge in [-0.1, -0.05) is 34.1 Å². The van der Waals surface area contributed by atoms with Gasteiger partial charge in [-0.15, -0.1) is 0 Å². The smallest absolute Gasteiger partial charge is 0.264 e. The minimum absolute atomic E-state index is 0.0729. The Kier molecular flexibility index (Phi) is 11.0. The molecule has 0 radical (unpaired) electrons. The van der Waals surface area contributed by atoms with Gasteiger partial charge in [0, 0.05) is 23.1 Å². The fourth-order valence-corrected chi connectivity index (χ4v) is 6.41. The number of anilines is 1. The van der Waals surface area contributed by atoms with Crippen molar-refractivity contribution < 1.29 is 27.5 Å². The number of rotatable bonds is 12. The molecule has 3 rings (SSSR count). The number of halogens is 1. The summed E-state index contributed by atoms with van der Waals surface area (Å²) in [5.41, 5.74) is 2.78. The molecule has 0 heterocycles. The zero-order valence-corrected chi connectivity index (χ0v) is 27.4. The number of carbonyl (C=O) groups excluding carboxylic acids is 2. The van der Waals surface area contributed by atoms with Crippen LogP contribution < -0.4 is 19.1 Å². The van der Waals surface area contributed by atoms with Gasteiger partial charge in [-0.3, -0.25) is 13.9 Å². The maximum atomic E-state index is 14.2. The first kappa shape index (κ1) is 32.9. The van der Waals surface area contributed by atoms with Crippen LogP contribution in [0, 0.1) is 13.8 Å². The molecule has 2 amide bonds. The molecule has 226 valence electrons. The fourth-order valence-electron chi connectivity index (χ4n) is 4.55. The number of ether oxygens (including phenoxy) is 2. The maximum Gasteiger partial charge on any atom is 0.264 e. The Morgan fingerprint density at radius 2 is 1.55 bits per heavy atom. The van der Waals surface area contributed by atoms with Gasteiger partial charge in [-0.25, -0.2) is 8.42 Å². The quantitative estimate of drug-likeness (QED) is 0.286. The molecule has 11 heteroatoms. The van der Waals surface area contributed by atoms with Gasteiger partial charge < -0.3 is 19.7 Å². The average molecular weight is 661 g/mol. The van der Waals surface area contributed by atoms with Crippen LogP contribution in [-0.2, 0) is 26.2 Å². The van der Waals surface area contributed by atoms with Crippen LogP contribution >= 0.6 is 15.9 Å². The topological polar surface area (TPSA) is 105 Å². The number of sulfonamides is 1. The van der Waals surface area contributed by atoms with E-state index in [4.69, 9.17) is 9.47 Å². The lowest BCUT2D eigenvalue weighted by molar-refractivity contribution is -0.139. The number of hydrogen-bond acceptors (Lipinski definition) is 6. The summed E-state index contributed by atoms with van der Waals surface area (Å²) >= 11 is 3.46. The van der Waals surface area contributed by atoms with Crippen molar-refractivity contribution in [2.45, 2.75) is 58.1 Å². The minimum atomic E-state index is -4.28. The van der Waals surface area contributed by atoms with Crippen LogP contribution in [0.1, 0.15) is 37.5 Å². The molecule has 3 aromatic carbocycles. The molecule has 0 fully saturated rings. The van der Waals surface area contributed by atoms with Crippen molar-refractivity contribution in [2.24, 2.45) is 0 Å². The summed E-state index contributed by atoms with van der Waals surface area (Å²) in [6.45, 7) is 8.59. The molecule has 0 aromatic heterocycles. The van der Waals surface area contributed by atoms with Gasteiger partial charge in [0.2, 0.25) is 11.8 Å². The summed E-state index contributed by atoms with van der Waals surface area (Å²) in [7, 11) is -1.40. The molecule has 0 saturated carbocycles. The Morgan fingerprint density at radius 3 is 2.12 bits per heavy atom. The summed E-state index contributed by atoms with van der Waals surface area (Å²) in [5.74, 6) is -0.269. The van der Waals surface area contributed by atoms with Crippen molar-refractivity contribution in [1.82, 2.24) is 10.2 Å². The lowest BCUT2D eigenvalue weighted by atomic mass is 10.1. The van der Waals surface area contributed by atoms with Gasteiger partial charge in [0.15, 0.2) is 11.5 Å². The largest absolute Gasteiger partial charge is 0.493 e. The second-order valence-corrected chi connectivity index (χ2v) is 13.1. The van der Waals surface area contributed by atoms with Crippen LogP contribution in [0.4, 0.5) is 5.69 Å². The summed E-state index contributed by atoms with van der Waals surface area (Å²) in [4.78, 5) is 28.5. The standard InChI is InChI=1S/C31H38BrN3O6S/c1-20(2)33-31(37)23(5)34(18-24-9-8-10-25(32)16-24)30(36)19-35(26-14-21(3)13-22(4)15-26)42(38,39)27-11-12-28(40-6)29(17-27)41-7/h8-17,20,23H,18-19H2,1-7H3,(H,33,37)/t23-/m1/s1. The van der Waals surface area contributed by atoms with E-state index in [-0.39, 0.29) is 29.1 Å². The van der Waals surface area contributed by atoms with E-state index in [2.05, 4.69) is 21.2 Å². The van der Waals surface area contributed by atoms with Crippen LogP contribution in [0.15, 0.2) is 70.0 Å². The molecular formula is C31H38BrN3O6S. The van der Waals surface area contributed by atoms with Crippen molar-refractivity contribution in [3.63, 3.8) is 0 Å². The zero-order chi connectivity index (χ0) is 31.2. The molecule has 0 saturated heterocycles. The lowest BCUT2D eigenvalue weighted by Gasteiger charge is -2.32. The number of aryl methyl sites for hydroxylation is 2. The number of hydrogen-bond donors (Lipinski definition) is 1. The molecule has 42 heavy (non-hydrogen) atoms. The molecule has 0 spiro atoms. The highest BCUT2D eigenvalue weighted by Crippen LogP contribution is 2.33. The van der Waals surface area contributed by atoms with Gasteiger partial charge in [-0.05, 0) is 87.7 Å². The number of benzene rings is 3. The molecule has 0 unspecified atom stereocenters. The SMILES string of the molecule is COc1ccc(S(=O)(=O)N(CC(=O)N(Cc2cccc(Br)c2)[C@H](C)C(=O)NC(C)C)c2cc(C)cc(C)c2)cc1OC. The number of nitrogens with one attached hydrogen (secondary N) is 1. The van der Waals surface area contributed by atoms with Gasteiger partial charge in [0.25, 0.3) is 10.0 Å². The van der Waals surface area contributed by atoms with Crippen molar-refractivity contribution >= 4 is 43.5 Å². The van der Waals surface area contributed by atoms with Gasteiger partial charge in [0.05, 0.1) is 24.8 Å². The highest BCUT2D eigenvalue weighted by atomic mass is 79.9. The average Bonchev–Trinajstić information content (AvgIpc) is 2.92. The molecule has 1 N–H and O–H groups in total. The monoisotopic (exact) mass is 659 g/mol. The van der Waals surface area contributed by atoms with Crippen LogP contribution in [0.25, 0.3) is 0 Å². The Hall–Kier alpha value is -3.57. The second-order valence-electron chi connectivity index (χ2n) is 10.4. The Labute approximate surface area is 257 Å². The third kappa shape index (κ3) is 8.04. The first-order chi connectivity index (χ1) is 19.8. The predicted molar refractivity (Wildman–Crippen MR) is 167 cm³/mol. The summed E-state index contributed by atoms with van der Waals surface area (Å²) in [6, 6.07) is 16.0. The fraction of sp³-hybridized carbons (Fsp3) is 0.355. The zero-order valence-electron chi connectivity index (χ0n) is 25.0. The van der Waals surface area contributed by atoms with E-state index < -0.39 is 28.5 Å². The Morgan fingerprint density at radius 1 is 0.905 bits per heavy atom. The second kappa shape index (κ2) is 14.1. The molecule has 0 aliphatic rings. The van der Waals surface area contributed by atoms with Crippen molar-refractivity contribution in [3.8, 4) is 11.5 Å². The third-order valence-corrected chi connectivity index (χ3v) is 8.82. The molecule has 1 atom stereocenters. The number of carbonyl (C=O) groups is 2. The van der Waals surface area contributed by atoms with E-state index in [0.717, 1.165) is 25.5 Å². The predicted octanol–water partition coefficient (Wildman–Crippen LogP) is 5.22. The van der Waals surface area contributed by atoms with Gasteiger partial charge in [-0.2, -0.15) is 0 Å². The molecule has 9 nitrogen and oxygen atoms in total. The van der Waals surface area contributed by atoms with E-state index in [1.54, 1.807) is 19.1 Å².